The summed E-state index contributed by atoms with van der Waals surface area (Å²) >= 11 is 0. The molecule has 0 aromatic heterocycles. The van der Waals surface area contributed by atoms with Crippen LogP contribution in [0.4, 0.5) is 4.39 Å². The van der Waals surface area contributed by atoms with Gasteiger partial charge in [0.15, 0.2) is 0 Å². The number of piperidine rings is 2. The third-order valence-corrected chi connectivity index (χ3v) is 3.80. The van der Waals surface area contributed by atoms with Gasteiger partial charge in [-0.1, -0.05) is 0 Å². The highest BCUT2D eigenvalue weighted by molar-refractivity contribution is 4.77. The molecule has 1 atom stereocenters. The van der Waals surface area contributed by atoms with Crippen LogP contribution >= 0.6 is 0 Å². The van der Waals surface area contributed by atoms with E-state index in [1.807, 2.05) is 0 Å². The van der Waals surface area contributed by atoms with Gasteiger partial charge in [-0.3, -0.25) is 0 Å². The first kappa shape index (κ1) is 11.3. The summed E-state index contributed by atoms with van der Waals surface area (Å²) in [5.41, 5.74) is 0. The Kier molecular flexibility index (Phi) is 3.98. The van der Waals surface area contributed by atoms with Crippen LogP contribution in [0.25, 0.3) is 0 Å². The lowest BCUT2D eigenvalue weighted by Gasteiger charge is -2.35. The molecule has 15 heavy (non-hydrogen) atoms. The Morgan fingerprint density at radius 3 is 2.53 bits per heavy atom. The van der Waals surface area contributed by atoms with Crippen LogP contribution in [0.2, 0.25) is 0 Å². The fourth-order valence-electron chi connectivity index (χ4n) is 2.77. The first-order chi connectivity index (χ1) is 7.24. The van der Waals surface area contributed by atoms with Crippen molar-refractivity contribution in [2.24, 2.45) is 5.92 Å². The Labute approximate surface area is 92.4 Å². The molecule has 2 rings (SSSR count). The SMILES string of the molecule is CN1CCC(CN2CCCC(F)C2)CC1. The molecule has 2 aliphatic heterocycles. The lowest BCUT2D eigenvalue weighted by Crippen LogP contribution is -2.42. The molecule has 0 radical (unpaired) electrons. The average molecular weight is 214 g/mol. The van der Waals surface area contributed by atoms with Crippen molar-refractivity contribution in [3.8, 4) is 0 Å². The third kappa shape index (κ3) is 3.42. The molecule has 0 N–H and O–H groups in total. The molecule has 0 aromatic rings. The molecular formula is C12H23FN2. The van der Waals surface area contributed by atoms with Gasteiger partial charge < -0.3 is 9.80 Å². The first-order valence-corrected chi connectivity index (χ1v) is 6.29. The fraction of sp³-hybridized carbons (Fsp3) is 1.00. The smallest absolute Gasteiger partial charge is 0.113 e. The second-order valence-electron chi connectivity index (χ2n) is 5.25. The van der Waals surface area contributed by atoms with E-state index >= 15 is 0 Å². The van der Waals surface area contributed by atoms with Crippen molar-refractivity contribution >= 4 is 0 Å². The van der Waals surface area contributed by atoms with Gasteiger partial charge in [-0.2, -0.15) is 0 Å². The number of hydrogen-bond donors (Lipinski definition) is 0. The molecule has 0 aliphatic carbocycles. The molecule has 2 nitrogen and oxygen atoms in total. The maximum absolute atomic E-state index is 13.2. The van der Waals surface area contributed by atoms with E-state index in [9.17, 15) is 4.39 Å². The Morgan fingerprint density at radius 1 is 1.13 bits per heavy atom. The third-order valence-electron chi connectivity index (χ3n) is 3.80. The van der Waals surface area contributed by atoms with Crippen LogP contribution in [0.1, 0.15) is 25.7 Å². The van der Waals surface area contributed by atoms with Gasteiger partial charge in [-0.05, 0) is 58.3 Å². The van der Waals surface area contributed by atoms with E-state index in [1.165, 1.54) is 25.9 Å². The maximum atomic E-state index is 13.2. The van der Waals surface area contributed by atoms with Gasteiger partial charge in [0.25, 0.3) is 0 Å². The van der Waals surface area contributed by atoms with E-state index in [1.54, 1.807) is 0 Å². The zero-order valence-electron chi connectivity index (χ0n) is 9.79. The summed E-state index contributed by atoms with van der Waals surface area (Å²) in [5, 5.41) is 0. The van der Waals surface area contributed by atoms with Crippen LogP contribution in [0.5, 0.6) is 0 Å². The van der Waals surface area contributed by atoms with Crippen LogP contribution in [0.3, 0.4) is 0 Å². The highest BCUT2D eigenvalue weighted by Gasteiger charge is 2.23. The van der Waals surface area contributed by atoms with E-state index in [0.717, 1.165) is 31.8 Å². The molecule has 88 valence electrons. The van der Waals surface area contributed by atoms with Gasteiger partial charge >= 0.3 is 0 Å². The van der Waals surface area contributed by atoms with Gasteiger partial charge in [0, 0.05) is 13.1 Å². The lowest BCUT2D eigenvalue weighted by atomic mass is 9.95. The standard InChI is InChI=1S/C12H23FN2/c1-14-7-4-11(5-8-14)9-15-6-2-3-12(13)10-15/h11-12H,2-10H2,1H3. The lowest BCUT2D eigenvalue weighted by molar-refractivity contribution is 0.102. The maximum Gasteiger partial charge on any atom is 0.113 e. The minimum absolute atomic E-state index is 0.565. The second kappa shape index (κ2) is 5.26. The van der Waals surface area contributed by atoms with Crippen molar-refractivity contribution in [1.82, 2.24) is 9.80 Å². The highest BCUT2D eigenvalue weighted by atomic mass is 19.1. The van der Waals surface area contributed by atoms with Gasteiger partial charge in [-0.25, -0.2) is 4.39 Å². The van der Waals surface area contributed by atoms with Crippen molar-refractivity contribution in [2.45, 2.75) is 31.9 Å². The Balaban J connectivity index is 1.71. The van der Waals surface area contributed by atoms with Gasteiger partial charge in [0.1, 0.15) is 6.17 Å². The molecule has 0 amide bonds. The van der Waals surface area contributed by atoms with Crippen LogP contribution in [0.15, 0.2) is 0 Å². The number of hydrogen-bond acceptors (Lipinski definition) is 2. The van der Waals surface area contributed by atoms with Gasteiger partial charge in [0.05, 0.1) is 0 Å². The number of rotatable bonds is 2. The number of nitrogens with zero attached hydrogens (tertiary/aromatic N) is 2. The quantitative estimate of drug-likeness (QED) is 0.691. The summed E-state index contributed by atoms with van der Waals surface area (Å²) in [6.07, 6.45) is 3.86. The molecule has 2 fully saturated rings. The van der Waals surface area contributed by atoms with Crippen LogP contribution in [-0.4, -0.2) is 55.7 Å². The van der Waals surface area contributed by atoms with Gasteiger partial charge in [0.2, 0.25) is 0 Å². The van der Waals surface area contributed by atoms with Crippen LogP contribution < -0.4 is 0 Å². The molecule has 0 aromatic carbocycles. The molecule has 0 bridgehead atoms. The van der Waals surface area contributed by atoms with E-state index in [2.05, 4.69) is 16.8 Å². The van der Waals surface area contributed by atoms with Crippen molar-refractivity contribution in [1.29, 1.82) is 0 Å². The van der Waals surface area contributed by atoms with Crippen molar-refractivity contribution < 1.29 is 4.39 Å². The van der Waals surface area contributed by atoms with Crippen molar-refractivity contribution in [2.75, 3.05) is 39.8 Å². The molecule has 2 heterocycles. The predicted octanol–water partition coefficient (Wildman–Crippen LogP) is 1.76. The first-order valence-electron chi connectivity index (χ1n) is 6.29. The summed E-state index contributed by atoms with van der Waals surface area (Å²) in [6, 6.07) is 0. The minimum Gasteiger partial charge on any atom is -0.306 e. The van der Waals surface area contributed by atoms with E-state index in [-0.39, 0.29) is 0 Å². The largest absolute Gasteiger partial charge is 0.306 e. The second-order valence-corrected chi connectivity index (χ2v) is 5.25. The van der Waals surface area contributed by atoms with E-state index < -0.39 is 6.17 Å². The Hall–Kier alpha value is -0.150. The molecule has 0 saturated carbocycles. The van der Waals surface area contributed by atoms with Crippen molar-refractivity contribution in [3.63, 3.8) is 0 Å². The summed E-state index contributed by atoms with van der Waals surface area (Å²) in [4.78, 5) is 4.73. The topological polar surface area (TPSA) is 6.48 Å². The summed E-state index contributed by atoms with van der Waals surface area (Å²) < 4.78 is 13.2. The normalized spacial score (nSPS) is 32.0. The number of alkyl halides is 1. The van der Waals surface area contributed by atoms with E-state index in [4.69, 9.17) is 0 Å². The summed E-state index contributed by atoms with van der Waals surface area (Å²) in [5.74, 6) is 0.812. The Morgan fingerprint density at radius 2 is 1.87 bits per heavy atom. The van der Waals surface area contributed by atoms with Crippen LogP contribution in [-0.2, 0) is 0 Å². The summed E-state index contributed by atoms with van der Waals surface area (Å²) in [7, 11) is 2.19. The van der Waals surface area contributed by atoms with Gasteiger partial charge in [-0.15, -0.1) is 0 Å². The molecule has 3 heteroatoms. The average Bonchev–Trinajstić information content (AvgIpc) is 2.22. The minimum atomic E-state index is -0.565. The number of likely N-dealkylation sites (tertiary alicyclic amines) is 2. The monoisotopic (exact) mass is 214 g/mol. The Bertz CT molecular complexity index is 190. The van der Waals surface area contributed by atoms with E-state index in [0.29, 0.717) is 6.54 Å². The molecule has 2 saturated heterocycles. The fourth-order valence-corrected chi connectivity index (χ4v) is 2.77. The molecule has 1 unspecified atom stereocenters. The highest BCUT2D eigenvalue weighted by Crippen LogP contribution is 2.20. The molecular weight excluding hydrogens is 191 g/mol. The van der Waals surface area contributed by atoms with Crippen molar-refractivity contribution in [3.05, 3.63) is 0 Å². The zero-order valence-corrected chi connectivity index (χ0v) is 9.79. The summed E-state index contributed by atoms with van der Waals surface area (Å²) in [6.45, 7) is 5.38. The predicted molar refractivity (Wildman–Crippen MR) is 60.8 cm³/mol. The van der Waals surface area contributed by atoms with Crippen LogP contribution in [0, 0.1) is 5.92 Å². The molecule has 0 spiro atoms. The zero-order chi connectivity index (χ0) is 10.7. The number of halogens is 1. The molecule has 2 aliphatic rings.